The molecule has 3 rings (SSSR count). The quantitative estimate of drug-likeness (QED) is 0.368. The predicted octanol–water partition coefficient (Wildman–Crippen LogP) is 3.99. The van der Waals surface area contributed by atoms with Gasteiger partial charge in [0.2, 0.25) is 0 Å². The van der Waals surface area contributed by atoms with Crippen molar-refractivity contribution in [3.63, 3.8) is 0 Å². The van der Waals surface area contributed by atoms with Crippen molar-refractivity contribution in [1.82, 2.24) is 10.3 Å². The van der Waals surface area contributed by atoms with Crippen molar-refractivity contribution in [3.05, 3.63) is 65.3 Å². The van der Waals surface area contributed by atoms with Crippen LogP contribution in [0.15, 0.2) is 59.8 Å². The van der Waals surface area contributed by atoms with Gasteiger partial charge < -0.3 is 15.7 Å². The Hall–Kier alpha value is -3.12. The number of aromatic amines is 1. The highest BCUT2D eigenvalue weighted by atomic mass is 35.5. The van der Waals surface area contributed by atoms with E-state index in [9.17, 15) is 4.79 Å². The number of nitrogens with zero attached hydrogens (tertiary/aromatic N) is 1. The van der Waals surface area contributed by atoms with Crippen LogP contribution in [-0.2, 0) is 11.2 Å². The van der Waals surface area contributed by atoms with Gasteiger partial charge in [0.15, 0.2) is 5.71 Å². The van der Waals surface area contributed by atoms with Crippen LogP contribution < -0.4 is 10.7 Å². The zero-order valence-electron chi connectivity index (χ0n) is 14.8. The molecule has 1 aromatic heterocycles. The second kappa shape index (κ2) is 8.51. The minimum absolute atomic E-state index is 0.0563. The highest BCUT2D eigenvalue weighted by Gasteiger charge is 2.14. The first-order valence-corrected chi connectivity index (χ1v) is 8.90. The molecule has 1 amide bonds. The van der Waals surface area contributed by atoms with Crippen LogP contribution in [0.2, 0.25) is 5.02 Å². The Morgan fingerprint density at radius 2 is 2.00 bits per heavy atom. The molecule has 0 unspecified atom stereocenters. The Morgan fingerprint density at radius 3 is 2.74 bits per heavy atom. The van der Waals surface area contributed by atoms with Gasteiger partial charge in [0.05, 0.1) is 11.4 Å². The van der Waals surface area contributed by atoms with Crippen LogP contribution in [-0.4, -0.2) is 28.9 Å². The molecule has 0 aliphatic rings. The summed E-state index contributed by atoms with van der Waals surface area (Å²) in [5.74, 6) is -0.385. The Labute approximate surface area is 162 Å². The molecule has 3 aromatic rings. The largest absolute Gasteiger partial charge is 0.361 e. The number of hydrogen-bond donors (Lipinski definition) is 4. The first-order valence-electron chi connectivity index (χ1n) is 8.52. The molecule has 0 aliphatic carbocycles. The molecule has 27 heavy (non-hydrogen) atoms. The average Bonchev–Trinajstić information content (AvgIpc) is 3.04. The molecule has 0 aliphatic heterocycles. The summed E-state index contributed by atoms with van der Waals surface area (Å²) >= 11 is 6.06. The minimum Gasteiger partial charge on any atom is -0.361 e. The van der Waals surface area contributed by atoms with Crippen LogP contribution in [0.25, 0.3) is 10.9 Å². The van der Waals surface area contributed by atoms with E-state index in [4.69, 9.17) is 17.0 Å². The van der Waals surface area contributed by atoms with E-state index in [2.05, 4.69) is 20.8 Å². The lowest BCUT2D eigenvalue weighted by molar-refractivity contribution is -0.114. The van der Waals surface area contributed by atoms with Crippen LogP contribution in [0, 0.1) is 5.41 Å². The van der Waals surface area contributed by atoms with Gasteiger partial charge >= 0.3 is 0 Å². The van der Waals surface area contributed by atoms with Gasteiger partial charge in [0, 0.05) is 28.7 Å². The Morgan fingerprint density at radius 1 is 1.22 bits per heavy atom. The number of para-hydroxylation sites is 1. The van der Waals surface area contributed by atoms with Crippen LogP contribution in [0.5, 0.6) is 0 Å². The first kappa shape index (κ1) is 18.7. The monoisotopic (exact) mass is 381 g/mol. The first-order chi connectivity index (χ1) is 13.0. The fourth-order valence-electron chi connectivity index (χ4n) is 2.69. The second-order valence-corrected chi connectivity index (χ2v) is 6.51. The standard InChI is InChI=1S/C20H20ClN5O/c1-13(22)19(26-25-16-5-3-2-4-6-16)20(27)23-10-9-14-12-24-18-8-7-15(21)11-17(14)18/h2-8,11-12,22,24-25H,9-10H2,1H3,(H,23,27)/b22-13?,26-19+. The topological polar surface area (TPSA) is 93.1 Å². The van der Waals surface area contributed by atoms with Gasteiger partial charge in [-0.05, 0) is 49.2 Å². The van der Waals surface area contributed by atoms with Crippen molar-refractivity contribution in [1.29, 1.82) is 5.41 Å². The lowest BCUT2D eigenvalue weighted by Gasteiger charge is -2.08. The summed E-state index contributed by atoms with van der Waals surface area (Å²) in [6, 6.07) is 15.0. The summed E-state index contributed by atoms with van der Waals surface area (Å²) in [6.45, 7) is 1.96. The molecule has 138 valence electrons. The maximum Gasteiger partial charge on any atom is 0.273 e. The zero-order valence-corrected chi connectivity index (χ0v) is 15.6. The molecule has 6 nitrogen and oxygen atoms in total. The number of benzene rings is 2. The third-order valence-electron chi connectivity index (χ3n) is 4.05. The molecule has 0 atom stereocenters. The number of halogens is 1. The third-order valence-corrected chi connectivity index (χ3v) is 4.29. The van der Waals surface area contributed by atoms with Gasteiger partial charge in [-0.2, -0.15) is 5.10 Å². The normalized spacial score (nSPS) is 11.4. The van der Waals surface area contributed by atoms with Crippen molar-refractivity contribution >= 4 is 45.5 Å². The molecule has 0 bridgehead atoms. The summed E-state index contributed by atoms with van der Waals surface area (Å²) in [6.07, 6.45) is 2.56. The predicted molar refractivity (Wildman–Crippen MR) is 111 cm³/mol. The van der Waals surface area contributed by atoms with Crippen molar-refractivity contribution < 1.29 is 4.79 Å². The fourth-order valence-corrected chi connectivity index (χ4v) is 2.86. The molecular weight excluding hydrogens is 362 g/mol. The minimum atomic E-state index is -0.385. The van der Waals surface area contributed by atoms with Crippen LogP contribution in [0.3, 0.4) is 0 Å². The van der Waals surface area contributed by atoms with E-state index in [1.54, 1.807) is 0 Å². The van der Waals surface area contributed by atoms with E-state index in [1.165, 1.54) is 6.92 Å². The van der Waals surface area contributed by atoms with Gasteiger partial charge in [-0.25, -0.2) is 0 Å². The number of carbonyl (C=O) groups excluding carboxylic acids is 1. The molecule has 0 spiro atoms. The summed E-state index contributed by atoms with van der Waals surface area (Å²) in [5.41, 5.74) is 5.78. The van der Waals surface area contributed by atoms with Gasteiger partial charge in [-0.3, -0.25) is 10.2 Å². The summed E-state index contributed by atoms with van der Waals surface area (Å²) in [7, 11) is 0. The number of hydrazone groups is 1. The van der Waals surface area contributed by atoms with E-state index in [0.29, 0.717) is 18.0 Å². The average molecular weight is 382 g/mol. The molecule has 0 saturated heterocycles. The van der Waals surface area contributed by atoms with E-state index < -0.39 is 0 Å². The highest BCUT2D eigenvalue weighted by molar-refractivity contribution is 6.66. The maximum atomic E-state index is 12.4. The number of anilines is 1. The lowest BCUT2D eigenvalue weighted by Crippen LogP contribution is -2.36. The van der Waals surface area contributed by atoms with Crippen molar-refractivity contribution in [2.45, 2.75) is 13.3 Å². The molecule has 0 radical (unpaired) electrons. The lowest BCUT2D eigenvalue weighted by atomic mass is 10.1. The van der Waals surface area contributed by atoms with E-state index >= 15 is 0 Å². The number of carbonyl (C=O) groups is 1. The molecule has 1 heterocycles. The molecule has 2 aromatic carbocycles. The maximum absolute atomic E-state index is 12.4. The number of hydrogen-bond acceptors (Lipinski definition) is 4. The zero-order chi connectivity index (χ0) is 19.2. The van der Waals surface area contributed by atoms with Crippen molar-refractivity contribution in [3.8, 4) is 0 Å². The number of rotatable bonds is 7. The third kappa shape index (κ3) is 4.74. The Bertz CT molecular complexity index is 994. The molecule has 7 heteroatoms. The van der Waals surface area contributed by atoms with E-state index in [-0.39, 0.29) is 17.3 Å². The van der Waals surface area contributed by atoms with Gasteiger partial charge in [-0.1, -0.05) is 29.8 Å². The highest BCUT2D eigenvalue weighted by Crippen LogP contribution is 2.22. The molecule has 4 N–H and O–H groups in total. The van der Waals surface area contributed by atoms with Crippen molar-refractivity contribution in [2.75, 3.05) is 12.0 Å². The Kier molecular flexibility index (Phi) is 5.88. The van der Waals surface area contributed by atoms with Gasteiger partial charge in [0.25, 0.3) is 5.91 Å². The van der Waals surface area contributed by atoms with Gasteiger partial charge in [-0.15, -0.1) is 0 Å². The number of aromatic nitrogens is 1. The van der Waals surface area contributed by atoms with Crippen LogP contribution in [0.4, 0.5) is 5.69 Å². The van der Waals surface area contributed by atoms with Crippen LogP contribution >= 0.6 is 11.6 Å². The molecule has 0 saturated carbocycles. The number of nitrogens with one attached hydrogen (secondary N) is 4. The SMILES string of the molecule is CC(=N)/C(=N\Nc1ccccc1)C(=O)NCCc1c[nH]c2ccc(Cl)cc12. The smallest absolute Gasteiger partial charge is 0.273 e. The van der Waals surface area contributed by atoms with E-state index in [1.807, 2.05) is 54.7 Å². The van der Waals surface area contributed by atoms with Gasteiger partial charge in [0.1, 0.15) is 0 Å². The molecule has 0 fully saturated rings. The second-order valence-electron chi connectivity index (χ2n) is 6.07. The van der Waals surface area contributed by atoms with Crippen molar-refractivity contribution in [2.24, 2.45) is 5.10 Å². The summed E-state index contributed by atoms with van der Waals surface area (Å²) in [5, 5.41) is 16.4. The Balaban J connectivity index is 1.62. The number of amides is 1. The number of H-pyrrole nitrogens is 1. The van der Waals surface area contributed by atoms with E-state index in [0.717, 1.165) is 22.2 Å². The van der Waals surface area contributed by atoms with Crippen LogP contribution in [0.1, 0.15) is 12.5 Å². The molecular formula is C20H20ClN5O. The summed E-state index contributed by atoms with van der Waals surface area (Å²) < 4.78 is 0. The fraction of sp³-hybridized carbons (Fsp3) is 0.150. The number of fused-ring (bicyclic) bond motifs is 1. The summed E-state index contributed by atoms with van der Waals surface area (Å²) in [4.78, 5) is 15.6.